The van der Waals surface area contributed by atoms with E-state index in [2.05, 4.69) is 31.3 Å². The van der Waals surface area contributed by atoms with Gasteiger partial charge in [-0.05, 0) is 38.2 Å². The summed E-state index contributed by atoms with van der Waals surface area (Å²) in [6.07, 6.45) is 8.14. The molecular weight excluding hydrogens is 246 g/mol. The molecule has 2 rings (SSSR count). The van der Waals surface area contributed by atoms with Gasteiger partial charge >= 0.3 is 0 Å². The van der Waals surface area contributed by atoms with Crippen LogP contribution in [0, 0.1) is 5.92 Å². The number of ether oxygens (including phenoxy) is 1. The average Bonchev–Trinajstić information content (AvgIpc) is 2.72. The van der Waals surface area contributed by atoms with Crippen LogP contribution in [-0.2, 0) is 0 Å². The van der Waals surface area contributed by atoms with E-state index in [0.29, 0.717) is 12.1 Å². The molecule has 3 atom stereocenters. The van der Waals surface area contributed by atoms with E-state index in [4.69, 9.17) is 4.74 Å². The molecule has 0 heterocycles. The van der Waals surface area contributed by atoms with Crippen molar-refractivity contribution in [2.45, 2.75) is 64.5 Å². The fraction of sp³-hybridized carbons (Fsp3) is 0.667. The smallest absolute Gasteiger partial charge is 0.123 e. The minimum absolute atomic E-state index is 0.356. The quantitative estimate of drug-likeness (QED) is 0.786. The van der Waals surface area contributed by atoms with Crippen molar-refractivity contribution in [1.29, 1.82) is 0 Å². The SMILES string of the molecule is CCC1CCCC(N[C@@H](C)c2ccccc2OC)CC1. The third kappa shape index (κ3) is 3.99. The van der Waals surface area contributed by atoms with Crippen LogP contribution in [0.4, 0.5) is 0 Å². The van der Waals surface area contributed by atoms with Crippen molar-refractivity contribution in [3.63, 3.8) is 0 Å². The van der Waals surface area contributed by atoms with Gasteiger partial charge in [0.2, 0.25) is 0 Å². The molecule has 1 fully saturated rings. The van der Waals surface area contributed by atoms with Crippen molar-refractivity contribution in [2.75, 3.05) is 7.11 Å². The summed E-state index contributed by atoms with van der Waals surface area (Å²) in [4.78, 5) is 0. The summed E-state index contributed by atoms with van der Waals surface area (Å²) in [5.41, 5.74) is 1.27. The Bertz CT molecular complexity index is 404. The van der Waals surface area contributed by atoms with Gasteiger partial charge in [-0.15, -0.1) is 0 Å². The summed E-state index contributed by atoms with van der Waals surface area (Å²) >= 11 is 0. The van der Waals surface area contributed by atoms with Crippen molar-refractivity contribution in [3.8, 4) is 5.75 Å². The molecule has 0 aromatic heterocycles. The van der Waals surface area contributed by atoms with Crippen LogP contribution in [0.15, 0.2) is 24.3 Å². The molecule has 0 aliphatic heterocycles. The van der Waals surface area contributed by atoms with Crippen LogP contribution in [0.2, 0.25) is 0 Å². The third-order valence-corrected chi connectivity index (χ3v) is 4.76. The first-order valence-corrected chi connectivity index (χ1v) is 8.13. The molecule has 2 unspecified atom stereocenters. The number of methoxy groups -OCH3 is 1. The number of para-hydroxylation sites is 1. The fourth-order valence-electron chi connectivity index (χ4n) is 3.42. The lowest BCUT2D eigenvalue weighted by molar-refractivity contribution is 0.377. The van der Waals surface area contributed by atoms with E-state index in [1.165, 1.54) is 44.1 Å². The van der Waals surface area contributed by atoms with E-state index in [1.807, 2.05) is 12.1 Å². The predicted molar refractivity (Wildman–Crippen MR) is 85.2 cm³/mol. The van der Waals surface area contributed by atoms with Gasteiger partial charge in [0, 0.05) is 17.6 Å². The van der Waals surface area contributed by atoms with E-state index in [1.54, 1.807) is 7.11 Å². The molecule has 0 spiro atoms. The maximum Gasteiger partial charge on any atom is 0.123 e. The third-order valence-electron chi connectivity index (χ3n) is 4.76. The molecule has 0 saturated heterocycles. The van der Waals surface area contributed by atoms with Gasteiger partial charge in [-0.3, -0.25) is 0 Å². The van der Waals surface area contributed by atoms with Crippen molar-refractivity contribution >= 4 is 0 Å². The highest BCUT2D eigenvalue weighted by atomic mass is 16.5. The highest BCUT2D eigenvalue weighted by Crippen LogP contribution is 2.29. The van der Waals surface area contributed by atoms with Crippen molar-refractivity contribution < 1.29 is 4.74 Å². The Morgan fingerprint density at radius 3 is 2.75 bits per heavy atom. The summed E-state index contributed by atoms with van der Waals surface area (Å²) in [5, 5.41) is 3.81. The Morgan fingerprint density at radius 1 is 1.20 bits per heavy atom. The molecule has 1 aliphatic rings. The molecule has 1 saturated carbocycles. The Labute approximate surface area is 123 Å². The first-order chi connectivity index (χ1) is 9.74. The molecule has 2 nitrogen and oxygen atoms in total. The number of nitrogens with one attached hydrogen (secondary N) is 1. The maximum absolute atomic E-state index is 5.47. The number of hydrogen-bond donors (Lipinski definition) is 1. The van der Waals surface area contributed by atoms with Crippen LogP contribution in [-0.4, -0.2) is 13.2 Å². The normalized spacial score (nSPS) is 24.9. The molecule has 112 valence electrons. The van der Waals surface area contributed by atoms with Crippen LogP contribution in [0.3, 0.4) is 0 Å². The zero-order valence-corrected chi connectivity index (χ0v) is 13.2. The second-order valence-electron chi connectivity index (χ2n) is 6.11. The molecule has 0 bridgehead atoms. The zero-order valence-electron chi connectivity index (χ0n) is 13.2. The van der Waals surface area contributed by atoms with E-state index in [-0.39, 0.29) is 0 Å². The van der Waals surface area contributed by atoms with Gasteiger partial charge in [0.25, 0.3) is 0 Å². The molecule has 1 aromatic rings. The molecule has 1 aromatic carbocycles. The maximum atomic E-state index is 5.47. The highest BCUT2D eigenvalue weighted by Gasteiger charge is 2.20. The average molecular weight is 275 g/mol. The lowest BCUT2D eigenvalue weighted by Crippen LogP contribution is -2.31. The van der Waals surface area contributed by atoms with Crippen LogP contribution in [0.5, 0.6) is 5.75 Å². The van der Waals surface area contributed by atoms with Crippen LogP contribution in [0.25, 0.3) is 0 Å². The van der Waals surface area contributed by atoms with Crippen LogP contribution < -0.4 is 10.1 Å². The van der Waals surface area contributed by atoms with Gasteiger partial charge in [0.15, 0.2) is 0 Å². The van der Waals surface area contributed by atoms with Crippen LogP contribution in [0.1, 0.15) is 64.0 Å². The van der Waals surface area contributed by atoms with Crippen molar-refractivity contribution in [1.82, 2.24) is 5.32 Å². The molecule has 1 aliphatic carbocycles. The van der Waals surface area contributed by atoms with E-state index < -0.39 is 0 Å². The van der Waals surface area contributed by atoms with Crippen molar-refractivity contribution in [2.24, 2.45) is 5.92 Å². The van der Waals surface area contributed by atoms with E-state index >= 15 is 0 Å². The summed E-state index contributed by atoms with van der Waals surface area (Å²) < 4.78 is 5.47. The Balaban J connectivity index is 1.95. The monoisotopic (exact) mass is 275 g/mol. The zero-order chi connectivity index (χ0) is 14.4. The molecule has 0 amide bonds. The molecule has 1 N–H and O–H groups in total. The van der Waals surface area contributed by atoms with Gasteiger partial charge in [0.1, 0.15) is 5.75 Å². The largest absolute Gasteiger partial charge is 0.496 e. The number of benzene rings is 1. The molecular formula is C18H29NO. The summed E-state index contributed by atoms with van der Waals surface area (Å²) in [6, 6.07) is 9.36. The Kier molecular flexibility index (Phi) is 5.90. The van der Waals surface area contributed by atoms with Gasteiger partial charge in [0.05, 0.1) is 7.11 Å². The summed E-state index contributed by atoms with van der Waals surface area (Å²) in [5.74, 6) is 1.94. The molecule has 2 heteroatoms. The number of hydrogen-bond acceptors (Lipinski definition) is 2. The molecule has 0 radical (unpaired) electrons. The van der Waals surface area contributed by atoms with E-state index in [9.17, 15) is 0 Å². The minimum Gasteiger partial charge on any atom is -0.496 e. The topological polar surface area (TPSA) is 21.3 Å². The van der Waals surface area contributed by atoms with Gasteiger partial charge < -0.3 is 10.1 Å². The van der Waals surface area contributed by atoms with Gasteiger partial charge in [-0.1, -0.05) is 44.4 Å². The fourth-order valence-corrected chi connectivity index (χ4v) is 3.42. The highest BCUT2D eigenvalue weighted by molar-refractivity contribution is 5.35. The predicted octanol–water partition coefficient (Wildman–Crippen LogP) is 4.70. The summed E-state index contributed by atoms with van der Waals surface area (Å²) in [7, 11) is 1.75. The van der Waals surface area contributed by atoms with E-state index in [0.717, 1.165) is 11.7 Å². The Hall–Kier alpha value is -1.02. The first kappa shape index (κ1) is 15.4. The van der Waals surface area contributed by atoms with Crippen molar-refractivity contribution in [3.05, 3.63) is 29.8 Å². The second-order valence-corrected chi connectivity index (χ2v) is 6.11. The van der Waals surface area contributed by atoms with Crippen LogP contribution >= 0.6 is 0 Å². The second kappa shape index (κ2) is 7.68. The first-order valence-electron chi connectivity index (χ1n) is 8.13. The molecule has 20 heavy (non-hydrogen) atoms. The van der Waals surface area contributed by atoms with Gasteiger partial charge in [-0.25, -0.2) is 0 Å². The standard InChI is InChI=1S/C18H29NO/c1-4-15-8-7-9-16(13-12-15)19-14(2)17-10-5-6-11-18(17)20-3/h5-6,10-11,14-16,19H,4,7-9,12-13H2,1-3H3/t14-,15?,16?/m0/s1. The Morgan fingerprint density at radius 2 is 2.00 bits per heavy atom. The van der Waals surface area contributed by atoms with Gasteiger partial charge in [-0.2, -0.15) is 0 Å². The lowest BCUT2D eigenvalue weighted by atomic mass is 9.97. The minimum atomic E-state index is 0.356. The number of rotatable bonds is 5. The summed E-state index contributed by atoms with van der Waals surface area (Å²) in [6.45, 7) is 4.58. The lowest BCUT2D eigenvalue weighted by Gasteiger charge is -2.23.